The summed E-state index contributed by atoms with van der Waals surface area (Å²) in [6.45, 7) is 14.1. The van der Waals surface area contributed by atoms with Crippen molar-refractivity contribution >= 4 is 5.78 Å². The second kappa shape index (κ2) is 6.79. The van der Waals surface area contributed by atoms with E-state index in [0.29, 0.717) is 36.0 Å². The minimum absolute atomic E-state index is 0.136. The molecule has 9 atom stereocenters. The molecule has 1 saturated heterocycles. The van der Waals surface area contributed by atoms with Crippen molar-refractivity contribution < 1.29 is 14.6 Å². The lowest BCUT2D eigenvalue weighted by atomic mass is 9.39. The van der Waals surface area contributed by atoms with E-state index in [1.54, 1.807) is 0 Å². The summed E-state index contributed by atoms with van der Waals surface area (Å²) < 4.78 is 6.71. The Hall–Kier alpha value is -0.930. The normalized spacial score (nSPS) is 50.4. The number of hydrogen-bond donors (Lipinski definition) is 1. The molecule has 4 aliphatic carbocycles. The van der Waals surface area contributed by atoms with Gasteiger partial charge in [-0.05, 0) is 85.2 Å². The minimum Gasteiger partial charge on any atom is -0.393 e. The molecule has 3 saturated carbocycles. The van der Waals surface area contributed by atoms with Crippen molar-refractivity contribution in [2.75, 3.05) is 0 Å². The number of fused-ring (bicyclic) bond motifs is 2. The maximum atomic E-state index is 13.4. The molecule has 2 heterocycles. The standard InChI is InChI=1S/C28H42O3/c1-17(2)18(3)7-8-19(4)21-9-10-22-23-15-24(30)28-16-20(29)11-12-26(28,6)27(23,31-28)14-13-25(21,22)5/h7-8,15,17-22,29H,9-14,16H2,1-6H3/b8-7+/t18-,19+,20-,21+,22-,25+,26+,27+,28?/m0/s1. The van der Waals surface area contributed by atoms with E-state index < -0.39 is 11.7 Å². The molecule has 31 heavy (non-hydrogen) atoms. The maximum absolute atomic E-state index is 13.4. The van der Waals surface area contributed by atoms with Gasteiger partial charge in [0.25, 0.3) is 0 Å². The van der Waals surface area contributed by atoms with Crippen molar-refractivity contribution in [2.24, 2.45) is 40.4 Å². The summed E-state index contributed by atoms with van der Waals surface area (Å²) in [5, 5.41) is 10.3. The third-order valence-electron chi connectivity index (χ3n) is 11.0. The average molecular weight is 427 g/mol. The van der Waals surface area contributed by atoms with E-state index in [9.17, 15) is 9.90 Å². The van der Waals surface area contributed by atoms with Gasteiger partial charge < -0.3 is 9.84 Å². The molecule has 0 aromatic rings. The highest BCUT2D eigenvalue weighted by Gasteiger charge is 2.81. The number of aliphatic hydroxyl groups is 1. The molecule has 6 aliphatic rings. The highest BCUT2D eigenvalue weighted by Crippen LogP contribution is 2.76. The molecular formula is C28H42O3. The third kappa shape index (κ3) is 2.57. The van der Waals surface area contributed by atoms with Gasteiger partial charge in [-0.15, -0.1) is 0 Å². The van der Waals surface area contributed by atoms with Crippen molar-refractivity contribution in [1.82, 2.24) is 0 Å². The number of ketones is 1. The van der Waals surface area contributed by atoms with Gasteiger partial charge in [0.1, 0.15) is 5.60 Å². The Morgan fingerprint density at radius 1 is 1.03 bits per heavy atom. The number of carbonyl (C=O) groups excluding carboxylic acids is 1. The van der Waals surface area contributed by atoms with Crippen molar-refractivity contribution in [3.05, 3.63) is 23.8 Å². The van der Waals surface area contributed by atoms with Crippen LogP contribution >= 0.6 is 0 Å². The molecular weight excluding hydrogens is 384 g/mol. The van der Waals surface area contributed by atoms with Gasteiger partial charge in [0, 0.05) is 11.8 Å². The summed E-state index contributed by atoms with van der Waals surface area (Å²) in [6, 6.07) is 0. The number of hydrogen-bond acceptors (Lipinski definition) is 3. The Balaban J connectivity index is 1.45. The zero-order valence-electron chi connectivity index (χ0n) is 20.4. The predicted octanol–water partition coefficient (Wildman–Crippen LogP) is 5.87. The van der Waals surface area contributed by atoms with Crippen LogP contribution in [0.1, 0.15) is 86.5 Å². The molecule has 0 radical (unpaired) electrons. The Bertz CT molecular complexity index is 841. The molecule has 2 spiro atoms. The SMILES string of the molecule is CC(C)[C@@H](C)/C=C/[C@@H](C)[C@H]1CC[C@H]2C3=CC(=O)C45C[C@@H](O)CC[C@]4(C)[C@]3(CC[C@]12C)O5. The topological polar surface area (TPSA) is 46.5 Å². The summed E-state index contributed by atoms with van der Waals surface area (Å²) >= 11 is 0. The molecule has 4 fully saturated rings. The van der Waals surface area contributed by atoms with Crippen LogP contribution in [0.3, 0.4) is 0 Å². The quantitative estimate of drug-likeness (QED) is 0.572. The molecule has 2 bridgehead atoms. The van der Waals surface area contributed by atoms with Gasteiger partial charge in [0.05, 0.1) is 11.7 Å². The van der Waals surface area contributed by atoms with Gasteiger partial charge in [0.15, 0.2) is 5.78 Å². The molecule has 1 unspecified atom stereocenters. The van der Waals surface area contributed by atoms with Gasteiger partial charge in [-0.25, -0.2) is 0 Å². The van der Waals surface area contributed by atoms with E-state index in [1.807, 2.05) is 6.08 Å². The van der Waals surface area contributed by atoms with Gasteiger partial charge in [-0.1, -0.05) is 53.7 Å². The van der Waals surface area contributed by atoms with Gasteiger partial charge in [-0.2, -0.15) is 0 Å². The first-order valence-corrected chi connectivity index (χ1v) is 12.8. The molecule has 0 aromatic heterocycles. The fourth-order valence-corrected chi connectivity index (χ4v) is 8.54. The van der Waals surface area contributed by atoms with Crippen LogP contribution in [0.25, 0.3) is 0 Å². The van der Waals surface area contributed by atoms with Crippen LogP contribution in [-0.2, 0) is 9.53 Å². The van der Waals surface area contributed by atoms with Gasteiger partial charge >= 0.3 is 0 Å². The molecule has 0 amide bonds. The van der Waals surface area contributed by atoms with E-state index in [2.05, 4.69) is 53.7 Å². The first-order valence-electron chi connectivity index (χ1n) is 12.8. The number of ether oxygens (including phenoxy) is 1. The third-order valence-corrected chi connectivity index (χ3v) is 11.0. The average Bonchev–Trinajstić information content (AvgIpc) is 3.07. The second-order valence-corrected chi connectivity index (χ2v) is 12.5. The van der Waals surface area contributed by atoms with Crippen LogP contribution in [0.5, 0.6) is 0 Å². The maximum Gasteiger partial charge on any atom is 0.188 e. The highest BCUT2D eigenvalue weighted by molar-refractivity contribution is 6.02. The lowest BCUT2D eigenvalue weighted by Crippen LogP contribution is -2.84. The minimum atomic E-state index is -0.761. The first kappa shape index (κ1) is 21.9. The summed E-state index contributed by atoms with van der Waals surface area (Å²) in [6.07, 6.45) is 13.3. The number of rotatable bonds is 4. The number of allylic oxidation sites excluding steroid dienone is 2. The fraction of sp³-hybridized carbons (Fsp3) is 0.821. The van der Waals surface area contributed by atoms with Crippen LogP contribution < -0.4 is 0 Å². The molecule has 3 heteroatoms. The fourth-order valence-electron chi connectivity index (χ4n) is 8.54. The van der Waals surface area contributed by atoms with Crippen molar-refractivity contribution in [2.45, 2.75) is 104 Å². The summed E-state index contributed by atoms with van der Waals surface area (Å²) in [5.41, 5.74) is 0.402. The van der Waals surface area contributed by atoms with Crippen LogP contribution in [0.2, 0.25) is 0 Å². The summed E-state index contributed by atoms with van der Waals surface area (Å²) in [4.78, 5) is 13.4. The zero-order valence-corrected chi connectivity index (χ0v) is 20.4. The van der Waals surface area contributed by atoms with Crippen LogP contribution in [0.4, 0.5) is 0 Å². The predicted molar refractivity (Wildman–Crippen MR) is 123 cm³/mol. The Kier molecular flexibility index (Phi) is 4.80. The molecule has 2 aliphatic heterocycles. The van der Waals surface area contributed by atoms with Gasteiger partial charge in [0.2, 0.25) is 0 Å². The van der Waals surface area contributed by atoms with Crippen LogP contribution in [0, 0.1) is 40.4 Å². The smallest absolute Gasteiger partial charge is 0.188 e. The molecule has 3 nitrogen and oxygen atoms in total. The van der Waals surface area contributed by atoms with Gasteiger partial charge in [-0.3, -0.25) is 4.79 Å². The Morgan fingerprint density at radius 2 is 1.77 bits per heavy atom. The van der Waals surface area contributed by atoms with E-state index >= 15 is 0 Å². The Morgan fingerprint density at radius 3 is 2.48 bits per heavy atom. The lowest BCUT2D eigenvalue weighted by molar-refractivity contribution is -0.375. The largest absolute Gasteiger partial charge is 0.393 e. The monoisotopic (exact) mass is 426 g/mol. The highest BCUT2D eigenvalue weighted by atomic mass is 16.6. The number of aliphatic hydroxyl groups excluding tert-OH is 1. The van der Waals surface area contributed by atoms with Crippen LogP contribution in [0.15, 0.2) is 23.8 Å². The molecule has 0 aromatic carbocycles. The van der Waals surface area contributed by atoms with Crippen molar-refractivity contribution in [1.29, 1.82) is 0 Å². The number of carbonyl (C=O) groups is 1. The summed E-state index contributed by atoms with van der Waals surface area (Å²) in [5.74, 6) is 3.10. The van der Waals surface area contributed by atoms with E-state index in [1.165, 1.54) is 24.8 Å². The summed E-state index contributed by atoms with van der Waals surface area (Å²) in [7, 11) is 0. The van der Waals surface area contributed by atoms with E-state index in [0.717, 1.165) is 19.3 Å². The molecule has 6 rings (SSSR count). The molecule has 1 N–H and O–H groups in total. The van der Waals surface area contributed by atoms with Crippen molar-refractivity contribution in [3.63, 3.8) is 0 Å². The Labute approximate surface area is 188 Å². The first-order chi connectivity index (χ1) is 14.5. The van der Waals surface area contributed by atoms with Crippen LogP contribution in [-0.4, -0.2) is 28.2 Å². The zero-order chi connectivity index (χ0) is 22.4. The van der Waals surface area contributed by atoms with E-state index in [-0.39, 0.29) is 22.2 Å². The van der Waals surface area contributed by atoms with E-state index in [4.69, 9.17) is 4.74 Å². The lowest BCUT2D eigenvalue weighted by Gasteiger charge is -2.76. The molecule has 172 valence electrons. The second-order valence-electron chi connectivity index (χ2n) is 12.5. The van der Waals surface area contributed by atoms with Crippen molar-refractivity contribution in [3.8, 4) is 0 Å².